The van der Waals surface area contributed by atoms with Crippen LogP contribution < -0.4 is 10.7 Å². The van der Waals surface area contributed by atoms with Gasteiger partial charge in [-0.05, 0) is 49.4 Å². The van der Waals surface area contributed by atoms with Gasteiger partial charge in [0.25, 0.3) is 0 Å². The van der Waals surface area contributed by atoms with Gasteiger partial charge in [-0.1, -0.05) is 18.2 Å². The summed E-state index contributed by atoms with van der Waals surface area (Å²) in [5.74, 6) is -0.120. The molecule has 0 aliphatic carbocycles. The fourth-order valence-electron chi connectivity index (χ4n) is 3.04. The Morgan fingerprint density at radius 3 is 2.68 bits per heavy atom. The summed E-state index contributed by atoms with van der Waals surface area (Å²) in [6.07, 6.45) is 3.66. The van der Waals surface area contributed by atoms with Crippen LogP contribution in [0.4, 0.5) is 5.69 Å². The van der Waals surface area contributed by atoms with E-state index in [0.717, 1.165) is 27.2 Å². The number of thioether (sulfide) groups is 1. The van der Waals surface area contributed by atoms with Crippen molar-refractivity contribution in [2.75, 3.05) is 11.6 Å². The van der Waals surface area contributed by atoms with Crippen LogP contribution in [0.5, 0.6) is 0 Å². The van der Waals surface area contributed by atoms with Gasteiger partial charge in [-0.3, -0.25) is 9.59 Å². The van der Waals surface area contributed by atoms with Gasteiger partial charge in [-0.2, -0.15) is 0 Å². The van der Waals surface area contributed by atoms with Crippen LogP contribution in [0.3, 0.4) is 0 Å². The molecule has 128 valence electrons. The summed E-state index contributed by atoms with van der Waals surface area (Å²) in [4.78, 5) is 25.8. The zero-order valence-electron chi connectivity index (χ0n) is 14.5. The predicted molar refractivity (Wildman–Crippen MR) is 105 cm³/mol. The molecular weight excluding hydrogens is 332 g/mol. The largest absolute Gasteiger partial charge is 0.338 e. The minimum atomic E-state index is -0.120. The molecule has 2 aromatic carbocycles. The van der Waals surface area contributed by atoms with Crippen LogP contribution in [0.15, 0.2) is 58.4 Å². The number of pyridine rings is 1. The van der Waals surface area contributed by atoms with E-state index in [1.54, 1.807) is 18.0 Å². The summed E-state index contributed by atoms with van der Waals surface area (Å²) >= 11 is 1.59. The van der Waals surface area contributed by atoms with E-state index in [4.69, 9.17) is 0 Å². The number of hydrogen-bond donors (Lipinski definition) is 1. The molecule has 1 aromatic heterocycles. The van der Waals surface area contributed by atoms with E-state index < -0.39 is 0 Å². The highest BCUT2D eigenvalue weighted by Gasteiger charge is 2.11. The SMILES string of the molecule is CSc1ccccc1NC(=O)Cn1ccc(=O)c2c(C)cc(C)cc21. The number of hydrogen-bond acceptors (Lipinski definition) is 3. The molecule has 3 aromatic rings. The molecule has 5 heteroatoms. The number of amides is 1. The molecule has 0 fully saturated rings. The van der Waals surface area contributed by atoms with E-state index >= 15 is 0 Å². The Labute approximate surface area is 150 Å². The second-order valence-corrected chi connectivity index (χ2v) is 6.88. The third kappa shape index (κ3) is 3.61. The number of fused-ring (bicyclic) bond motifs is 1. The Kier molecular flexibility index (Phi) is 4.95. The highest BCUT2D eigenvalue weighted by molar-refractivity contribution is 7.98. The summed E-state index contributed by atoms with van der Waals surface area (Å²) in [7, 11) is 0. The van der Waals surface area contributed by atoms with Crippen molar-refractivity contribution in [2.45, 2.75) is 25.3 Å². The van der Waals surface area contributed by atoms with Crippen LogP contribution in [-0.4, -0.2) is 16.7 Å². The topological polar surface area (TPSA) is 51.1 Å². The number of nitrogens with zero attached hydrogens (tertiary/aromatic N) is 1. The van der Waals surface area contributed by atoms with Gasteiger partial charge in [0.15, 0.2) is 5.43 Å². The van der Waals surface area contributed by atoms with E-state index in [9.17, 15) is 9.59 Å². The standard InChI is InChI=1S/C20H20N2O2S/c1-13-10-14(2)20-16(11-13)22(9-8-17(20)23)12-19(24)21-15-6-4-5-7-18(15)25-3/h4-11H,12H2,1-3H3,(H,21,24). The first-order valence-corrected chi connectivity index (χ1v) is 9.25. The molecule has 3 rings (SSSR count). The van der Waals surface area contributed by atoms with E-state index in [1.807, 2.05) is 61.1 Å². The molecule has 0 saturated carbocycles. The van der Waals surface area contributed by atoms with Crippen LogP contribution in [0.25, 0.3) is 10.9 Å². The molecule has 1 N–H and O–H groups in total. The number of carbonyl (C=O) groups excluding carboxylic acids is 1. The van der Waals surface area contributed by atoms with Gasteiger partial charge >= 0.3 is 0 Å². The summed E-state index contributed by atoms with van der Waals surface area (Å²) in [5, 5.41) is 3.63. The smallest absolute Gasteiger partial charge is 0.244 e. The van der Waals surface area contributed by atoms with Gasteiger partial charge in [0.2, 0.25) is 5.91 Å². The summed E-state index contributed by atoms with van der Waals surface area (Å²) < 4.78 is 1.83. The van der Waals surface area contributed by atoms with Crippen molar-refractivity contribution in [1.82, 2.24) is 4.57 Å². The van der Waals surface area contributed by atoms with Crippen LogP contribution >= 0.6 is 11.8 Å². The van der Waals surface area contributed by atoms with Crippen LogP contribution in [-0.2, 0) is 11.3 Å². The quantitative estimate of drug-likeness (QED) is 0.723. The number of nitrogens with one attached hydrogen (secondary N) is 1. The number of anilines is 1. The molecule has 0 spiro atoms. The Morgan fingerprint density at radius 2 is 1.92 bits per heavy atom. The second-order valence-electron chi connectivity index (χ2n) is 6.03. The second kappa shape index (κ2) is 7.15. The zero-order valence-corrected chi connectivity index (χ0v) is 15.3. The number of aromatic nitrogens is 1. The number of aryl methyl sites for hydroxylation is 2. The third-order valence-electron chi connectivity index (χ3n) is 4.12. The first kappa shape index (κ1) is 17.3. The van der Waals surface area contributed by atoms with E-state index in [-0.39, 0.29) is 17.9 Å². The summed E-state index contributed by atoms with van der Waals surface area (Å²) in [6, 6.07) is 13.2. The van der Waals surface area contributed by atoms with Crippen molar-refractivity contribution >= 4 is 34.3 Å². The number of rotatable bonds is 4. The lowest BCUT2D eigenvalue weighted by Gasteiger charge is -2.14. The summed E-state index contributed by atoms with van der Waals surface area (Å²) in [5.41, 5.74) is 3.58. The van der Waals surface area contributed by atoms with Crippen LogP contribution in [0, 0.1) is 13.8 Å². The van der Waals surface area contributed by atoms with Gasteiger partial charge < -0.3 is 9.88 Å². The minimum Gasteiger partial charge on any atom is -0.338 e. The Balaban J connectivity index is 1.94. The van der Waals surface area contributed by atoms with E-state index in [1.165, 1.54) is 6.07 Å². The Hall–Kier alpha value is -2.53. The summed E-state index contributed by atoms with van der Waals surface area (Å²) in [6.45, 7) is 4.07. The minimum absolute atomic E-state index is 0.0168. The molecule has 0 unspecified atom stereocenters. The lowest BCUT2D eigenvalue weighted by Crippen LogP contribution is -2.21. The maximum atomic E-state index is 12.5. The average molecular weight is 352 g/mol. The predicted octanol–water partition coefficient (Wildman–Crippen LogP) is 3.98. The average Bonchev–Trinajstić information content (AvgIpc) is 2.57. The van der Waals surface area contributed by atoms with Crippen molar-refractivity contribution in [3.05, 3.63) is 70.0 Å². The number of para-hydroxylation sites is 1. The fraction of sp³-hybridized carbons (Fsp3) is 0.200. The molecular formula is C20H20N2O2S. The molecule has 0 aliphatic rings. The Bertz CT molecular complexity index is 1010. The van der Waals surface area contributed by atoms with Crippen LogP contribution in [0.1, 0.15) is 11.1 Å². The molecule has 0 atom stereocenters. The first-order valence-electron chi connectivity index (χ1n) is 8.03. The molecule has 0 saturated heterocycles. The van der Waals surface area contributed by atoms with Crippen molar-refractivity contribution in [1.29, 1.82) is 0 Å². The first-order chi connectivity index (χ1) is 12.0. The van der Waals surface area contributed by atoms with E-state index in [2.05, 4.69) is 5.32 Å². The molecule has 0 radical (unpaired) electrons. The molecule has 4 nitrogen and oxygen atoms in total. The van der Waals surface area contributed by atoms with Crippen molar-refractivity contribution in [3.8, 4) is 0 Å². The molecule has 25 heavy (non-hydrogen) atoms. The monoisotopic (exact) mass is 352 g/mol. The van der Waals surface area contributed by atoms with Gasteiger partial charge in [0.05, 0.1) is 11.2 Å². The lowest BCUT2D eigenvalue weighted by molar-refractivity contribution is -0.116. The fourth-order valence-corrected chi connectivity index (χ4v) is 3.60. The molecule has 1 amide bonds. The normalized spacial score (nSPS) is 10.8. The number of carbonyl (C=O) groups is 1. The van der Waals surface area contributed by atoms with Gasteiger partial charge in [-0.25, -0.2) is 0 Å². The highest BCUT2D eigenvalue weighted by Crippen LogP contribution is 2.24. The Morgan fingerprint density at radius 1 is 1.16 bits per heavy atom. The maximum Gasteiger partial charge on any atom is 0.244 e. The van der Waals surface area contributed by atoms with Gasteiger partial charge in [0, 0.05) is 22.5 Å². The highest BCUT2D eigenvalue weighted by atomic mass is 32.2. The third-order valence-corrected chi connectivity index (χ3v) is 4.91. The van der Waals surface area contributed by atoms with Crippen molar-refractivity contribution in [2.24, 2.45) is 0 Å². The van der Waals surface area contributed by atoms with Crippen molar-refractivity contribution < 1.29 is 4.79 Å². The lowest BCUT2D eigenvalue weighted by atomic mass is 10.1. The zero-order chi connectivity index (χ0) is 18.0. The molecule has 1 heterocycles. The van der Waals surface area contributed by atoms with Gasteiger partial charge in [-0.15, -0.1) is 11.8 Å². The van der Waals surface area contributed by atoms with Gasteiger partial charge in [0.1, 0.15) is 6.54 Å². The van der Waals surface area contributed by atoms with E-state index in [0.29, 0.717) is 5.39 Å². The number of benzene rings is 2. The molecule has 0 bridgehead atoms. The maximum absolute atomic E-state index is 12.5. The van der Waals surface area contributed by atoms with Crippen LogP contribution in [0.2, 0.25) is 0 Å². The van der Waals surface area contributed by atoms with Crippen molar-refractivity contribution in [3.63, 3.8) is 0 Å². The molecule has 0 aliphatic heterocycles.